The van der Waals surface area contributed by atoms with Gasteiger partial charge in [-0.3, -0.25) is 4.79 Å². The van der Waals surface area contributed by atoms with Crippen molar-refractivity contribution in [2.75, 3.05) is 0 Å². The van der Waals surface area contributed by atoms with Crippen LogP contribution in [0.25, 0.3) is 0 Å². The Labute approximate surface area is 166 Å². The van der Waals surface area contributed by atoms with Crippen molar-refractivity contribution in [1.82, 2.24) is 0 Å². The van der Waals surface area contributed by atoms with Gasteiger partial charge in [0, 0.05) is 6.92 Å². The Morgan fingerprint density at radius 3 is 1.77 bits per heavy atom. The van der Waals surface area contributed by atoms with Crippen LogP contribution in [-0.4, -0.2) is 36.8 Å². The Balaban J connectivity index is 0.000000481. The van der Waals surface area contributed by atoms with Gasteiger partial charge in [-0.25, -0.2) is 4.79 Å². The third-order valence-electron chi connectivity index (χ3n) is 4.01. The van der Waals surface area contributed by atoms with Crippen LogP contribution in [0.4, 0.5) is 0 Å². The number of benzene rings is 1. The summed E-state index contributed by atoms with van der Waals surface area (Å²) in [6, 6.07) is 5.85. The molecule has 0 fully saturated rings. The molecule has 0 aromatic heterocycles. The first-order valence-electron chi connectivity index (χ1n) is 9.80. The van der Waals surface area contributed by atoms with Gasteiger partial charge in [0.1, 0.15) is 11.3 Å². The van der Waals surface area contributed by atoms with Gasteiger partial charge in [-0.15, -0.1) is 0 Å². The molecule has 0 saturated carbocycles. The predicted octanol–water partition coefficient (Wildman–Crippen LogP) is 5.98. The van der Waals surface area contributed by atoms with Crippen molar-refractivity contribution >= 4 is 31.7 Å². The maximum absolute atomic E-state index is 11.1. The molecule has 1 N–H and O–H groups in total. The molecule has 0 unspecified atom stereocenters. The third-order valence-corrected chi connectivity index (χ3v) is 13.1. The van der Waals surface area contributed by atoms with Gasteiger partial charge < -0.3 is 9.84 Å². The number of esters is 2. The van der Waals surface area contributed by atoms with Crippen molar-refractivity contribution in [2.24, 2.45) is 0 Å². The van der Waals surface area contributed by atoms with E-state index in [1.165, 1.54) is 50.7 Å². The van der Waals surface area contributed by atoms with Crippen molar-refractivity contribution < 1.29 is 19.4 Å². The molecular weight excluding hydrogens is 435 g/mol. The summed E-state index contributed by atoms with van der Waals surface area (Å²) in [6.07, 6.45) is 8.85. The number of carbonyl (C=O) groups is 2. The number of hydrogen-bond acceptors (Lipinski definition) is 4. The SMILES string of the molecule is CC(=O)OC(=O)c1ccccc1O.CCC[CH2][Sn]([CH2]CCC)[CH2]CCC. The Hall–Kier alpha value is -1.04. The minimum absolute atomic E-state index is 0.0160. The number of carbonyl (C=O) groups excluding carboxylic acids is 2. The number of phenolic OH excluding ortho intramolecular Hbond substituents is 1. The summed E-state index contributed by atoms with van der Waals surface area (Å²) in [7, 11) is 0. The molecule has 0 bridgehead atoms. The predicted molar refractivity (Wildman–Crippen MR) is 109 cm³/mol. The molecule has 0 spiro atoms. The van der Waals surface area contributed by atoms with Gasteiger partial charge in [-0.1, -0.05) is 12.1 Å². The number of hydrogen-bond donors (Lipinski definition) is 1. The normalized spacial score (nSPS) is 10.2. The van der Waals surface area contributed by atoms with Crippen molar-refractivity contribution in [3.05, 3.63) is 29.8 Å². The molecule has 0 aliphatic rings. The number of ether oxygens (including phenoxy) is 1. The van der Waals surface area contributed by atoms with Gasteiger partial charge >= 0.3 is 104 Å². The van der Waals surface area contributed by atoms with E-state index in [9.17, 15) is 14.7 Å². The molecule has 0 atom stereocenters. The summed E-state index contributed by atoms with van der Waals surface area (Å²) >= 11 is -0.839. The first kappa shape index (κ1) is 25.0. The van der Waals surface area contributed by atoms with E-state index in [4.69, 9.17) is 0 Å². The van der Waals surface area contributed by atoms with Crippen LogP contribution in [0.5, 0.6) is 5.75 Å². The molecule has 26 heavy (non-hydrogen) atoms. The van der Waals surface area contributed by atoms with Gasteiger partial charge in [0.05, 0.1) is 0 Å². The van der Waals surface area contributed by atoms with Gasteiger partial charge in [-0.2, -0.15) is 0 Å². The fourth-order valence-electron chi connectivity index (χ4n) is 2.49. The zero-order valence-corrected chi connectivity index (χ0v) is 19.7. The van der Waals surface area contributed by atoms with E-state index < -0.39 is 31.7 Å². The molecule has 1 aromatic rings. The quantitative estimate of drug-likeness (QED) is 0.260. The van der Waals surface area contributed by atoms with E-state index in [2.05, 4.69) is 25.5 Å². The third kappa shape index (κ3) is 12.3. The standard InChI is InChI=1S/C9H8O4.3C4H9.Sn/c1-6(10)13-9(12)7-4-2-3-5-8(7)11;3*1-3-4-2;/h2-5,11H,1H3;3*1,3-4H2,2H3;. The first-order valence-corrected chi connectivity index (χ1v) is 15.9. The van der Waals surface area contributed by atoms with Crippen LogP contribution < -0.4 is 0 Å². The molecule has 0 heterocycles. The second-order valence-corrected chi connectivity index (χ2v) is 15.0. The van der Waals surface area contributed by atoms with E-state index in [1.54, 1.807) is 25.4 Å². The Morgan fingerprint density at radius 2 is 1.38 bits per heavy atom. The van der Waals surface area contributed by atoms with E-state index in [0.717, 1.165) is 6.92 Å². The van der Waals surface area contributed by atoms with Crippen LogP contribution in [0.15, 0.2) is 24.3 Å². The summed E-state index contributed by atoms with van der Waals surface area (Å²) in [5.74, 6) is -1.74. The summed E-state index contributed by atoms with van der Waals surface area (Å²) in [5, 5.41) is 9.18. The number of phenols is 1. The molecule has 0 saturated heterocycles. The zero-order chi connectivity index (χ0) is 19.8. The van der Waals surface area contributed by atoms with Crippen LogP contribution in [0.1, 0.15) is 76.6 Å². The number of rotatable bonds is 10. The summed E-state index contributed by atoms with van der Waals surface area (Å²) in [5.41, 5.74) is -0.0160. The summed E-state index contributed by atoms with van der Waals surface area (Å²) < 4.78 is 9.32. The van der Waals surface area contributed by atoms with Crippen LogP contribution in [0, 0.1) is 0 Å². The summed E-state index contributed by atoms with van der Waals surface area (Å²) in [6.45, 7) is 8.12. The molecule has 0 aliphatic heterocycles. The van der Waals surface area contributed by atoms with E-state index >= 15 is 0 Å². The van der Waals surface area contributed by atoms with Crippen LogP contribution >= 0.6 is 0 Å². The average Bonchev–Trinajstić information content (AvgIpc) is 2.61. The minimum atomic E-state index is -0.842. The Kier molecular flexibility index (Phi) is 15.5. The first-order chi connectivity index (χ1) is 12.5. The van der Waals surface area contributed by atoms with Gasteiger partial charge in [0.15, 0.2) is 0 Å². The van der Waals surface area contributed by atoms with Crippen molar-refractivity contribution in [3.63, 3.8) is 0 Å². The molecule has 0 amide bonds. The maximum atomic E-state index is 11.1. The van der Waals surface area contributed by atoms with E-state index in [0.29, 0.717) is 0 Å². The Bertz CT molecular complexity index is 497. The van der Waals surface area contributed by atoms with Crippen molar-refractivity contribution in [3.8, 4) is 5.75 Å². The molecule has 1 radical (unpaired) electrons. The monoisotopic (exact) mass is 471 g/mol. The van der Waals surface area contributed by atoms with Gasteiger partial charge in [0.25, 0.3) is 0 Å². The van der Waals surface area contributed by atoms with Crippen LogP contribution in [0.2, 0.25) is 13.3 Å². The van der Waals surface area contributed by atoms with Gasteiger partial charge in [-0.05, 0) is 12.1 Å². The number of unbranched alkanes of at least 4 members (excludes halogenated alkanes) is 3. The topological polar surface area (TPSA) is 63.6 Å². The molecule has 1 rings (SSSR count). The molecule has 4 nitrogen and oxygen atoms in total. The van der Waals surface area contributed by atoms with Crippen LogP contribution in [0.3, 0.4) is 0 Å². The second-order valence-electron chi connectivity index (χ2n) is 6.46. The van der Waals surface area contributed by atoms with Crippen molar-refractivity contribution in [2.45, 2.75) is 79.5 Å². The van der Waals surface area contributed by atoms with E-state index in [-0.39, 0.29) is 11.3 Å². The second kappa shape index (κ2) is 16.2. The van der Waals surface area contributed by atoms with Crippen LogP contribution in [-0.2, 0) is 9.53 Å². The fourth-order valence-corrected chi connectivity index (χ4v) is 11.9. The van der Waals surface area contributed by atoms with Gasteiger partial charge in [0.2, 0.25) is 0 Å². The molecule has 1 aromatic carbocycles. The molecule has 147 valence electrons. The zero-order valence-electron chi connectivity index (χ0n) is 16.8. The fraction of sp³-hybridized carbons (Fsp3) is 0.619. The van der Waals surface area contributed by atoms with Crippen molar-refractivity contribution in [1.29, 1.82) is 0 Å². The molecule has 0 aliphatic carbocycles. The molecule has 5 heteroatoms. The number of para-hydroxylation sites is 1. The average molecular weight is 470 g/mol. The molecular formula is C21H35O4Sn. The van der Waals surface area contributed by atoms with E-state index in [1.807, 2.05) is 0 Å². The number of aromatic hydroxyl groups is 1. The summed E-state index contributed by atoms with van der Waals surface area (Å²) in [4.78, 5) is 21.5. The Morgan fingerprint density at radius 1 is 0.923 bits per heavy atom.